The van der Waals surface area contributed by atoms with Crippen molar-refractivity contribution in [3.63, 3.8) is 0 Å². The number of hydrogen-bond acceptors (Lipinski definition) is 6. The summed E-state index contributed by atoms with van der Waals surface area (Å²) < 4.78 is 11.0. The first-order chi connectivity index (χ1) is 15.1. The van der Waals surface area contributed by atoms with Gasteiger partial charge in [-0.05, 0) is 73.0 Å². The van der Waals surface area contributed by atoms with E-state index in [0.29, 0.717) is 0 Å². The van der Waals surface area contributed by atoms with Crippen molar-refractivity contribution in [1.29, 1.82) is 0 Å². The SMILES string of the molecule is COc1ccc(C2=NN(c3nc(-c4ccc(C)c(C)c4)cs3)[C@H](c3ccco3)C2)cc1. The number of nitrogens with zero attached hydrogens (tertiary/aromatic N) is 3. The fourth-order valence-corrected chi connectivity index (χ4v) is 4.58. The van der Waals surface area contributed by atoms with E-state index < -0.39 is 0 Å². The lowest BCUT2D eigenvalue weighted by atomic mass is 10.0. The average molecular weight is 430 g/mol. The Morgan fingerprint density at radius 3 is 2.55 bits per heavy atom. The van der Waals surface area contributed by atoms with Crippen LogP contribution in [-0.2, 0) is 0 Å². The van der Waals surface area contributed by atoms with Gasteiger partial charge in [-0.15, -0.1) is 11.3 Å². The maximum Gasteiger partial charge on any atom is 0.207 e. The molecule has 0 spiro atoms. The second-order valence-electron chi connectivity index (χ2n) is 7.67. The third kappa shape index (κ3) is 3.75. The van der Waals surface area contributed by atoms with Crippen LogP contribution in [0.3, 0.4) is 0 Å². The summed E-state index contributed by atoms with van der Waals surface area (Å²) in [5.74, 6) is 1.72. The van der Waals surface area contributed by atoms with Gasteiger partial charge in [0.15, 0.2) is 0 Å². The Morgan fingerprint density at radius 1 is 1.03 bits per heavy atom. The van der Waals surface area contributed by atoms with Gasteiger partial charge in [-0.2, -0.15) is 5.10 Å². The van der Waals surface area contributed by atoms with Gasteiger partial charge in [-0.25, -0.2) is 9.99 Å². The maximum absolute atomic E-state index is 5.75. The number of thiazole rings is 1. The van der Waals surface area contributed by atoms with E-state index in [1.54, 1.807) is 24.7 Å². The highest BCUT2D eigenvalue weighted by atomic mass is 32.1. The van der Waals surface area contributed by atoms with Crippen LogP contribution in [0.1, 0.15) is 34.9 Å². The van der Waals surface area contributed by atoms with Gasteiger partial charge in [0.05, 0.1) is 24.8 Å². The Hall–Kier alpha value is -3.38. The van der Waals surface area contributed by atoms with E-state index in [2.05, 4.69) is 37.4 Å². The molecule has 0 fully saturated rings. The molecule has 0 saturated heterocycles. The number of methoxy groups -OCH3 is 1. The second kappa shape index (κ2) is 8.04. The first-order valence-corrected chi connectivity index (χ1v) is 11.1. The molecule has 2 aromatic heterocycles. The minimum absolute atomic E-state index is 0.0224. The molecule has 5 nitrogen and oxygen atoms in total. The topological polar surface area (TPSA) is 50.9 Å². The number of rotatable bonds is 5. The van der Waals surface area contributed by atoms with Crippen LogP contribution in [0.5, 0.6) is 5.75 Å². The van der Waals surface area contributed by atoms with Gasteiger partial charge < -0.3 is 9.15 Å². The maximum atomic E-state index is 5.75. The minimum Gasteiger partial charge on any atom is -0.497 e. The Balaban J connectivity index is 1.50. The van der Waals surface area contributed by atoms with Crippen LogP contribution in [0.25, 0.3) is 11.3 Å². The molecular weight excluding hydrogens is 406 g/mol. The molecule has 0 amide bonds. The zero-order valence-electron chi connectivity index (χ0n) is 17.7. The lowest BCUT2D eigenvalue weighted by Gasteiger charge is -2.18. The Bertz CT molecular complexity index is 1230. The number of aromatic nitrogens is 1. The van der Waals surface area contributed by atoms with Gasteiger partial charge in [-0.1, -0.05) is 12.1 Å². The summed E-state index contributed by atoms with van der Waals surface area (Å²) in [6, 6.07) is 18.4. The molecule has 3 heterocycles. The molecule has 0 unspecified atom stereocenters. The summed E-state index contributed by atoms with van der Waals surface area (Å²) in [4.78, 5) is 4.92. The molecule has 0 aliphatic carbocycles. The molecule has 1 aliphatic heterocycles. The number of benzene rings is 2. The average Bonchev–Trinajstić information content (AvgIpc) is 3.55. The van der Waals surface area contributed by atoms with Crippen LogP contribution in [-0.4, -0.2) is 17.8 Å². The first-order valence-electron chi connectivity index (χ1n) is 10.2. The highest BCUT2D eigenvalue weighted by molar-refractivity contribution is 7.14. The molecule has 0 saturated carbocycles. The molecule has 0 radical (unpaired) electrons. The van der Waals surface area contributed by atoms with E-state index >= 15 is 0 Å². The van der Waals surface area contributed by atoms with Crippen molar-refractivity contribution in [2.75, 3.05) is 12.1 Å². The van der Waals surface area contributed by atoms with Gasteiger partial charge in [0.25, 0.3) is 0 Å². The van der Waals surface area contributed by atoms with Crippen molar-refractivity contribution in [2.45, 2.75) is 26.3 Å². The van der Waals surface area contributed by atoms with E-state index in [1.807, 2.05) is 41.4 Å². The molecule has 1 aliphatic rings. The summed E-state index contributed by atoms with van der Waals surface area (Å²) in [6.07, 6.45) is 2.46. The number of furan rings is 1. The standard InChI is InChI=1S/C25H23N3O2S/c1-16-6-7-19(13-17(16)2)22-15-31-25(26-22)28-23(24-5-4-12-30-24)14-21(27-28)18-8-10-20(29-3)11-9-18/h4-13,15,23H,14H2,1-3H3/t23-/m0/s1. The Labute approximate surface area is 185 Å². The van der Waals surface area contributed by atoms with Crippen molar-refractivity contribution >= 4 is 22.2 Å². The summed E-state index contributed by atoms with van der Waals surface area (Å²) >= 11 is 1.60. The van der Waals surface area contributed by atoms with Crippen molar-refractivity contribution in [3.8, 4) is 17.0 Å². The van der Waals surface area contributed by atoms with Crippen molar-refractivity contribution in [3.05, 3.63) is 88.7 Å². The smallest absolute Gasteiger partial charge is 0.207 e. The van der Waals surface area contributed by atoms with Crippen molar-refractivity contribution in [1.82, 2.24) is 4.98 Å². The Kier molecular flexibility index (Phi) is 5.08. The van der Waals surface area contributed by atoms with E-state index in [9.17, 15) is 0 Å². The fourth-order valence-electron chi connectivity index (χ4n) is 3.75. The van der Waals surface area contributed by atoms with E-state index in [0.717, 1.165) is 45.6 Å². The molecular formula is C25H23N3O2S. The monoisotopic (exact) mass is 429 g/mol. The molecule has 6 heteroatoms. The summed E-state index contributed by atoms with van der Waals surface area (Å²) in [6.45, 7) is 4.25. The van der Waals surface area contributed by atoms with Crippen molar-refractivity contribution < 1.29 is 9.15 Å². The van der Waals surface area contributed by atoms with Crippen LogP contribution in [0.2, 0.25) is 0 Å². The van der Waals surface area contributed by atoms with Crippen molar-refractivity contribution in [2.24, 2.45) is 5.10 Å². The molecule has 31 heavy (non-hydrogen) atoms. The third-order valence-electron chi connectivity index (χ3n) is 5.70. The summed E-state index contributed by atoms with van der Waals surface area (Å²) in [5.41, 5.74) is 6.72. The van der Waals surface area contributed by atoms with Gasteiger partial charge >= 0.3 is 0 Å². The van der Waals surface area contributed by atoms with Gasteiger partial charge in [0.1, 0.15) is 17.6 Å². The molecule has 0 N–H and O–H groups in total. The number of hydrazone groups is 1. The normalized spacial score (nSPS) is 15.9. The zero-order valence-corrected chi connectivity index (χ0v) is 18.5. The molecule has 4 aromatic rings. The molecule has 0 bridgehead atoms. The molecule has 156 valence electrons. The largest absolute Gasteiger partial charge is 0.497 e. The fraction of sp³-hybridized carbons (Fsp3) is 0.200. The lowest BCUT2D eigenvalue weighted by molar-refractivity contribution is 0.415. The van der Waals surface area contributed by atoms with Crippen LogP contribution >= 0.6 is 11.3 Å². The first kappa shape index (κ1) is 19.6. The quantitative estimate of drug-likeness (QED) is 0.369. The highest BCUT2D eigenvalue weighted by Gasteiger charge is 2.33. The van der Waals surface area contributed by atoms with Crippen LogP contribution in [0.4, 0.5) is 5.13 Å². The van der Waals surface area contributed by atoms with E-state index in [4.69, 9.17) is 19.2 Å². The van der Waals surface area contributed by atoms with E-state index in [-0.39, 0.29) is 6.04 Å². The van der Waals surface area contributed by atoms with Gasteiger partial charge in [-0.3, -0.25) is 0 Å². The van der Waals surface area contributed by atoms with Crippen LogP contribution in [0.15, 0.2) is 75.8 Å². The highest BCUT2D eigenvalue weighted by Crippen LogP contribution is 2.39. The number of aryl methyl sites for hydroxylation is 2. The molecule has 2 aromatic carbocycles. The van der Waals surface area contributed by atoms with Gasteiger partial charge in [0.2, 0.25) is 5.13 Å². The number of ether oxygens (including phenoxy) is 1. The molecule has 1 atom stereocenters. The number of anilines is 1. The van der Waals surface area contributed by atoms with Gasteiger partial charge in [0, 0.05) is 17.4 Å². The third-order valence-corrected chi connectivity index (χ3v) is 6.53. The van der Waals surface area contributed by atoms with Crippen LogP contribution in [0, 0.1) is 13.8 Å². The second-order valence-corrected chi connectivity index (χ2v) is 8.51. The predicted molar refractivity (Wildman–Crippen MR) is 125 cm³/mol. The van der Waals surface area contributed by atoms with Crippen LogP contribution < -0.4 is 9.75 Å². The summed E-state index contributed by atoms with van der Waals surface area (Å²) in [5, 5.41) is 9.91. The number of hydrogen-bond donors (Lipinski definition) is 0. The minimum atomic E-state index is -0.0224. The van der Waals surface area contributed by atoms with E-state index in [1.165, 1.54) is 11.1 Å². The lowest BCUT2D eigenvalue weighted by Crippen LogP contribution is -2.17. The molecule has 5 rings (SSSR count). The summed E-state index contributed by atoms with van der Waals surface area (Å²) in [7, 11) is 1.67. The zero-order chi connectivity index (χ0) is 21.4. The Morgan fingerprint density at radius 2 is 1.84 bits per heavy atom. The predicted octanol–water partition coefficient (Wildman–Crippen LogP) is 6.38.